The standard InChI is InChI=1S/C17H16N2OS/c1-12-3-5-13(6-4-12)16-11-17(19-18-16)14-7-9-15(10-8-14)21(2)20/h3-11H,1-2H3,(H,18,19). The summed E-state index contributed by atoms with van der Waals surface area (Å²) in [5.74, 6) is 0. The lowest BCUT2D eigenvalue weighted by Crippen LogP contribution is -1.96. The number of aromatic nitrogens is 2. The van der Waals surface area contributed by atoms with Crippen molar-refractivity contribution in [2.75, 3.05) is 6.26 Å². The van der Waals surface area contributed by atoms with Gasteiger partial charge in [0.15, 0.2) is 4.90 Å². The Bertz CT molecular complexity index is 730. The summed E-state index contributed by atoms with van der Waals surface area (Å²) >= 11 is -0.946. The lowest BCUT2D eigenvalue weighted by atomic mass is 10.1. The van der Waals surface area contributed by atoms with Crippen LogP contribution in [0.4, 0.5) is 0 Å². The Balaban J connectivity index is 1.89. The van der Waals surface area contributed by atoms with Gasteiger partial charge in [0.25, 0.3) is 0 Å². The van der Waals surface area contributed by atoms with Crippen LogP contribution in [0.3, 0.4) is 0 Å². The molecule has 0 aliphatic heterocycles. The second-order valence-corrected chi connectivity index (χ2v) is 6.39. The Hall–Kier alpha value is -2.04. The van der Waals surface area contributed by atoms with Crippen LogP contribution in [0.5, 0.6) is 0 Å². The predicted molar refractivity (Wildman–Crippen MR) is 86.5 cm³/mol. The highest BCUT2D eigenvalue weighted by atomic mass is 32.2. The molecule has 3 aromatic rings. The third-order valence-corrected chi connectivity index (χ3v) is 4.36. The number of H-pyrrole nitrogens is 1. The van der Waals surface area contributed by atoms with E-state index in [1.807, 2.05) is 30.3 Å². The average Bonchev–Trinajstić information content (AvgIpc) is 2.98. The molecule has 0 amide bonds. The molecule has 0 bridgehead atoms. The third kappa shape index (κ3) is 3.01. The Labute approximate surface area is 127 Å². The van der Waals surface area contributed by atoms with Crippen molar-refractivity contribution in [2.24, 2.45) is 0 Å². The number of benzene rings is 2. The third-order valence-electron chi connectivity index (χ3n) is 3.42. The van der Waals surface area contributed by atoms with Crippen molar-refractivity contribution in [1.29, 1.82) is 0 Å². The SMILES string of the molecule is Cc1ccc(-c2cc(-c3ccc([S+](C)[O-])cc3)[nH]n2)cc1. The summed E-state index contributed by atoms with van der Waals surface area (Å²) < 4.78 is 11.4. The van der Waals surface area contributed by atoms with E-state index in [9.17, 15) is 4.55 Å². The first kappa shape index (κ1) is 13.9. The average molecular weight is 296 g/mol. The van der Waals surface area contributed by atoms with Crippen molar-refractivity contribution in [2.45, 2.75) is 11.8 Å². The highest BCUT2D eigenvalue weighted by molar-refractivity contribution is 7.90. The maximum absolute atomic E-state index is 11.4. The van der Waals surface area contributed by atoms with Crippen molar-refractivity contribution in [3.63, 3.8) is 0 Å². The van der Waals surface area contributed by atoms with Crippen molar-refractivity contribution < 1.29 is 4.55 Å². The highest BCUT2D eigenvalue weighted by Crippen LogP contribution is 2.25. The Morgan fingerprint density at radius 2 is 1.57 bits per heavy atom. The fraction of sp³-hybridized carbons (Fsp3) is 0.118. The molecule has 0 spiro atoms. The van der Waals surface area contributed by atoms with Gasteiger partial charge < -0.3 is 4.55 Å². The molecule has 0 aliphatic carbocycles. The van der Waals surface area contributed by atoms with Crippen LogP contribution in [0.25, 0.3) is 22.5 Å². The maximum atomic E-state index is 11.4. The smallest absolute Gasteiger partial charge is 0.152 e. The minimum atomic E-state index is -0.946. The van der Waals surface area contributed by atoms with Crippen LogP contribution in [-0.4, -0.2) is 21.0 Å². The van der Waals surface area contributed by atoms with Gasteiger partial charge in [-0.25, -0.2) is 0 Å². The van der Waals surface area contributed by atoms with Gasteiger partial charge in [-0.15, -0.1) is 0 Å². The first-order chi connectivity index (χ1) is 10.1. The highest BCUT2D eigenvalue weighted by Gasteiger charge is 2.08. The van der Waals surface area contributed by atoms with E-state index < -0.39 is 11.2 Å². The largest absolute Gasteiger partial charge is 0.612 e. The number of nitrogens with one attached hydrogen (secondary N) is 1. The van der Waals surface area contributed by atoms with Gasteiger partial charge in [0.2, 0.25) is 0 Å². The van der Waals surface area contributed by atoms with E-state index >= 15 is 0 Å². The predicted octanol–water partition coefficient (Wildman–Crippen LogP) is 3.79. The van der Waals surface area contributed by atoms with Gasteiger partial charge in [0, 0.05) is 5.56 Å². The van der Waals surface area contributed by atoms with Crippen molar-refractivity contribution in [3.05, 3.63) is 60.2 Å². The zero-order chi connectivity index (χ0) is 14.8. The van der Waals surface area contributed by atoms with Gasteiger partial charge in [-0.2, -0.15) is 5.10 Å². The van der Waals surface area contributed by atoms with E-state index in [1.54, 1.807) is 6.26 Å². The number of aryl methyl sites for hydroxylation is 1. The number of hydrogen-bond donors (Lipinski definition) is 1. The fourth-order valence-corrected chi connectivity index (χ4v) is 2.69. The molecule has 21 heavy (non-hydrogen) atoms. The zero-order valence-electron chi connectivity index (χ0n) is 12.0. The summed E-state index contributed by atoms with van der Waals surface area (Å²) in [4.78, 5) is 0.831. The molecule has 1 aromatic heterocycles. The van der Waals surface area contributed by atoms with Crippen LogP contribution in [0, 0.1) is 6.92 Å². The molecule has 106 valence electrons. The summed E-state index contributed by atoms with van der Waals surface area (Å²) in [6.07, 6.45) is 1.68. The Morgan fingerprint density at radius 1 is 0.952 bits per heavy atom. The van der Waals surface area contributed by atoms with Gasteiger partial charge in [-0.1, -0.05) is 29.8 Å². The molecule has 3 rings (SSSR count). The molecule has 0 saturated carbocycles. The molecular weight excluding hydrogens is 280 g/mol. The molecule has 1 atom stereocenters. The lowest BCUT2D eigenvalue weighted by molar-refractivity contribution is 0.601. The van der Waals surface area contributed by atoms with E-state index in [4.69, 9.17) is 0 Å². The fourth-order valence-electron chi connectivity index (χ4n) is 2.17. The van der Waals surface area contributed by atoms with Crippen LogP contribution in [-0.2, 0) is 11.2 Å². The molecule has 0 aliphatic rings. The van der Waals surface area contributed by atoms with Crippen LogP contribution in [0.2, 0.25) is 0 Å². The van der Waals surface area contributed by atoms with E-state index in [0.717, 1.165) is 27.4 Å². The second kappa shape index (κ2) is 5.76. The summed E-state index contributed by atoms with van der Waals surface area (Å²) in [5.41, 5.74) is 5.24. The van der Waals surface area contributed by atoms with Crippen molar-refractivity contribution >= 4 is 11.2 Å². The molecule has 3 nitrogen and oxygen atoms in total. The van der Waals surface area contributed by atoms with Gasteiger partial charge in [-0.3, -0.25) is 5.10 Å². The summed E-state index contributed by atoms with van der Waals surface area (Å²) in [7, 11) is 0. The monoisotopic (exact) mass is 296 g/mol. The van der Waals surface area contributed by atoms with Crippen LogP contribution in [0.15, 0.2) is 59.5 Å². The van der Waals surface area contributed by atoms with Crippen molar-refractivity contribution in [1.82, 2.24) is 10.2 Å². The van der Waals surface area contributed by atoms with Gasteiger partial charge >= 0.3 is 0 Å². The molecule has 0 fully saturated rings. The first-order valence-corrected chi connectivity index (χ1v) is 8.25. The minimum absolute atomic E-state index is 0.831. The summed E-state index contributed by atoms with van der Waals surface area (Å²) in [6.45, 7) is 2.07. The topological polar surface area (TPSA) is 51.7 Å². The number of rotatable bonds is 3. The quantitative estimate of drug-likeness (QED) is 0.748. The Kier molecular flexibility index (Phi) is 3.82. The molecule has 4 heteroatoms. The molecule has 1 heterocycles. The van der Waals surface area contributed by atoms with E-state index in [2.05, 4.69) is 41.4 Å². The molecule has 1 N–H and O–H groups in total. The number of hydrogen-bond acceptors (Lipinski definition) is 2. The molecule has 1 unspecified atom stereocenters. The normalized spacial score (nSPS) is 12.3. The molecule has 2 aromatic carbocycles. The summed E-state index contributed by atoms with van der Waals surface area (Å²) in [6, 6.07) is 18.0. The Morgan fingerprint density at radius 3 is 2.19 bits per heavy atom. The molecular formula is C17H16N2OS. The number of aromatic amines is 1. The van der Waals surface area contributed by atoms with E-state index in [-0.39, 0.29) is 0 Å². The van der Waals surface area contributed by atoms with E-state index in [1.165, 1.54) is 5.56 Å². The second-order valence-electron chi connectivity index (χ2n) is 5.01. The number of nitrogens with zero attached hydrogens (tertiary/aromatic N) is 1. The van der Waals surface area contributed by atoms with Gasteiger partial charge in [-0.05, 0) is 54.0 Å². The molecule has 0 radical (unpaired) electrons. The molecule has 0 saturated heterocycles. The van der Waals surface area contributed by atoms with Gasteiger partial charge in [0.05, 0.1) is 11.4 Å². The van der Waals surface area contributed by atoms with Crippen LogP contribution < -0.4 is 0 Å². The van der Waals surface area contributed by atoms with Crippen LogP contribution in [0.1, 0.15) is 5.56 Å². The van der Waals surface area contributed by atoms with Crippen molar-refractivity contribution in [3.8, 4) is 22.5 Å². The zero-order valence-corrected chi connectivity index (χ0v) is 12.8. The van der Waals surface area contributed by atoms with Gasteiger partial charge in [0.1, 0.15) is 6.26 Å². The summed E-state index contributed by atoms with van der Waals surface area (Å²) in [5, 5.41) is 7.42. The lowest BCUT2D eigenvalue weighted by Gasteiger charge is -2.04. The van der Waals surface area contributed by atoms with E-state index in [0.29, 0.717) is 0 Å². The minimum Gasteiger partial charge on any atom is -0.612 e. The first-order valence-electron chi connectivity index (χ1n) is 6.70. The maximum Gasteiger partial charge on any atom is 0.152 e. The van der Waals surface area contributed by atoms with Crippen LogP contribution >= 0.6 is 0 Å².